The molecule has 1 aromatic carbocycles. The standard InChI is InChI=1S/C17H24N2O2/c1-17(2)15-9-18-8-14(15)11-19(17)10-12-5-4-6-13(7-12)16(20)21-3/h4-7,14-15,18H,8-11H2,1-3H3. The first-order valence-corrected chi connectivity index (χ1v) is 7.65. The van der Waals surface area contributed by atoms with E-state index in [9.17, 15) is 4.79 Å². The Morgan fingerprint density at radius 1 is 1.43 bits per heavy atom. The smallest absolute Gasteiger partial charge is 0.337 e. The van der Waals surface area contributed by atoms with Crippen molar-refractivity contribution in [2.75, 3.05) is 26.7 Å². The van der Waals surface area contributed by atoms with Crippen molar-refractivity contribution in [3.05, 3.63) is 35.4 Å². The Morgan fingerprint density at radius 2 is 2.24 bits per heavy atom. The Hall–Kier alpha value is -1.39. The number of fused-ring (bicyclic) bond motifs is 1. The fraction of sp³-hybridized carbons (Fsp3) is 0.588. The van der Waals surface area contributed by atoms with Crippen LogP contribution in [-0.4, -0.2) is 43.2 Å². The van der Waals surface area contributed by atoms with Gasteiger partial charge in [0.2, 0.25) is 0 Å². The number of nitrogens with one attached hydrogen (secondary N) is 1. The minimum Gasteiger partial charge on any atom is -0.465 e. The molecule has 0 aliphatic carbocycles. The zero-order valence-corrected chi connectivity index (χ0v) is 13.1. The van der Waals surface area contributed by atoms with Crippen LogP contribution in [-0.2, 0) is 11.3 Å². The van der Waals surface area contributed by atoms with Crippen molar-refractivity contribution < 1.29 is 9.53 Å². The van der Waals surface area contributed by atoms with Gasteiger partial charge in [0.1, 0.15) is 0 Å². The molecule has 2 aliphatic rings. The van der Waals surface area contributed by atoms with Gasteiger partial charge >= 0.3 is 5.97 Å². The first kappa shape index (κ1) is 14.5. The van der Waals surface area contributed by atoms with Crippen molar-refractivity contribution in [3.63, 3.8) is 0 Å². The lowest BCUT2D eigenvalue weighted by Gasteiger charge is -2.35. The van der Waals surface area contributed by atoms with Gasteiger partial charge < -0.3 is 10.1 Å². The molecule has 2 heterocycles. The first-order chi connectivity index (χ1) is 10.0. The summed E-state index contributed by atoms with van der Waals surface area (Å²) in [5.74, 6) is 1.21. The fourth-order valence-corrected chi connectivity index (χ4v) is 3.91. The molecule has 2 fully saturated rings. The molecule has 2 saturated heterocycles. The third-order valence-corrected chi connectivity index (χ3v) is 5.24. The molecular weight excluding hydrogens is 264 g/mol. The Labute approximate surface area is 126 Å². The summed E-state index contributed by atoms with van der Waals surface area (Å²) >= 11 is 0. The number of esters is 1. The maximum Gasteiger partial charge on any atom is 0.337 e. The van der Waals surface area contributed by atoms with Gasteiger partial charge in [0.05, 0.1) is 12.7 Å². The monoisotopic (exact) mass is 288 g/mol. The molecule has 4 heteroatoms. The highest BCUT2D eigenvalue weighted by atomic mass is 16.5. The predicted octanol–water partition coefficient (Wildman–Crippen LogP) is 1.90. The summed E-state index contributed by atoms with van der Waals surface area (Å²) in [6.07, 6.45) is 0. The van der Waals surface area contributed by atoms with Crippen LogP contribution in [0.15, 0.2) is 24.3 Å². The van der Waals surface area contributed by atoms with E-state index in [1.807, 2.05) is 18.2 Å². The zero-order valence-electron chi connectivity index (χ0n) is 13.1. The summed E-state index contributed by atoms with van der Waals surface area (Å²) in [6.45, 7) is 8.96. The summed E-state index contributed by atoms with van der Waals surface area (Å²) in [5, 5.41) is 3.51. The van der Waals surface area contributed by atoms with Crippen LogP contribution < -0.4 is 5.32 Å². The lowest BCUT2D eigenvalue weighted by molar-refractivity contribution is 0.0600. The van der Waals surface area contributed by atoms with E-state index < -0.39 is 0 Å². The Bertz CT molecular complexity index is 541. The highest BCUT2D eigenvalue weighted by Crippen LogP contribution is 2.41. The van der Waals surface area contributed by atoms with Gasteiger partial charge in [-0.3, -0.25) is 4.90 Å². The highest BCUT2D eigenvalue weighted by Gasteiger charge is 2.49. The van der Waals surface area contributed by atoms with E-state index in [-0.39, 0.29) is 11.5 Å². The molecular formula is C17H24N2O2. The van der Waals surface area contributed by atoms with Gasteiger partial charge in [0.25, 0.3) is 0 Å². The summed E-state index contributed by atoms with van der Waals surface area (Å²) in [5.41, 5.74) is 2.02. The van der Waals surface area contributed by atoms with E-state index in [0.29, 0.717) is 5.56 Å². The van der Waals surface area contributed by atoms with Gasteiger partial charge in [-0.1, -0.05) is 12.1 Å². The number of carbonyl (C=O) groups is 1. The number of hydrogen-bond donors (Lipinski definition) is 1. The van der Waals surface area contributed by atoms with Crippen molar-refractivity contribution in [3.8, 4) is 0 Å². The van der Waals surface area contributed by atoms with E-state index >= 15 is 0 Å². The van der Waals surface area contributed by atoms with E-state index in [4.69, 9.17) is 4.74 Å². The number of likely N-dealkylation sites (tertiary alicyclic amines) is 1. The minimum atomic E-state index is -0.265. The number of ether oxygens (including phenoxy) is 1. The largest absolute Gasteiger partial charge is 0.465 e. The van der Waals surface area contributed by atoms with E-state index in [0.717, 1.165) is 38.0 Å². The Kier molecular flexibility index (Phi) is 3.76. The van der Waals surface area contributed by atoms with Crippen LogP contribution in [0.3, 0.4) is 0 Å². The maximum atomic E-state index is 11.6. The first-order valence-electron chi connectivity index (χ1n) is 7.65. The number of nitrogens with zero attached hydrogens (tertiary/aromatic N) is 1. The van der Waals surface area contributed by atoms with Gasteiger partial charge in [-0.05, 0) is 49.9 Å². The van der Waals surface area contributed by atoms with Gasteiger partial charge in [-0.25, -0.2) is 4.79 Å². The van der Waals surface area contributed by atoms with Crippen molar-refractivity contribution in [1.82, 2.24) is 10.2 Å². The number of carbonyl (C=O) groups excluding carboxylic acids is 1. The quantitative estimate of drug-likeness (QED) is 0.863. The van der Waals surface area contributed by atoms with Crippen LogP contribution >= 0.6 is 0 Å². The van der Waals surface area contributed by atoms with Crippen LogP contribution in [0.25, 0.3) is 0 Å². The second-order valence-corrected chi connectivity index (χ2v) is 6.75. The van der Waals surface area contributed by atoms with Crippen LogP contribution in [0, 0.1) is 11.8 Å². The molecule has 2 aliphatic heterocycles. The molecule has 4 nitrogen and oxygen atoms in total. The number of hydrogen-bond acceptors (Lipinski definition) is 4. The lowest BCUT2D eigenvalue weighted by Crippen LogP contribution is -2.43. The number of methoxy groups -OCH3 is 1. The minimum absolute atomic E-state index is 0.204. The molecule has 0 spiro atoms. The average molecular weight is 288 g/mol. The van der Waals surface area contributed by atoms with Crippen LogP contribution in [0.4, 0.5) is 0 Å². The zero-order chi connectivity index (χ0) is 15.0. The molecule has 2 atom stereocenters. The molecule has 3 rings (SSSR count). The van der Waals surface area contributed by atoms with Gasteiger partial charge in [-0.15, -0.1) is 0 Å². The van der Waals surface area contributed by atoms with E-state index in [1.54, 1.807) is 0 Å². The van der Waals surface area contributed by atoms with Crippen molar-refractivity contribution in [2.24, 2.45) is 11.8 Å². The molecule has 1 N–H and O–H groups in total. The average Bonchev–Trinajstić information content (AvgIpc) is 3.02. The second kappa shape index (κ2) is 5.43. The molecule has 114 valence electrons. The molecule has 0 radical (unpaired) electrons. The van der Waals surface area contributed by atoms with Crippen molar-refractivity contribution in [2.45, 2.75) is 25.9 Å². The molecule has 21 heavy (non-hydrogen) atoms. The molecule has 0 saturated carbocycles. The molecule has 0 bridgehead atoms. The van der Waals surface area contributed by atoms with Gasteiger partial charge in [-0.2, -0.15) is 0 Å². The summed E-state index contributed by atoms with van der Waals surface area (Å²) in [7, 11) is 1.42. The predicted molar refractivity (Wildman–Crippen MR) is 82.1 cm³/mol. The maximum absolute atomic E-state index is 11.6. The SMILES string of the molecule is COC(=O)c1cccc(CN2CC3CNCC3C2(C)C)c1. The third kappa shape index (κ3) is 2.58. The Balaban J connectivity index is 1.76. The molecule has 0 aromatic heterocycles. The van der Waals surface area contributed by atoms with Gasteiger partial charge in [0.15, 0.2) is 0 Å². The summed E-state index contributed by atoms with van der Waals surface area (Å²) < 4.78 is 4.80. The second-order valence-electron chi connectivity index (χ2n) is 6.75. The molecule has 1 aromatic rings. The lowest BCUT2D eigenvalue weighted by atomic mass is 9.85. The molecule has 0 amide bonds. The number of benzene rings is 1. The van der Waals surface area contributed by atoms with Crippen molar-refractivity contribution in [1.29, 1.82) is 0 Å². The molecule has 2 unspecified atom stereocenters. The normalized spacial score (nSPS) is 27.6. The number of rotatable bonds is 3. The van der Waals surface area contributed by atoms with Crippen LogP contribution in [0.5, 0.6) is 0 Å². The third-order valence-electron chi connectivity index (χ3n) is 5.24. The van der Waals surface area contributed by atoms with E-state index in [2.05, 4.69) is 30.1 Å². The van der Waals surface area contributed by atoms with Gasteiger partial charge in [0, 0.05) is 25.2 Å². The van der Waals surface area contributed by atoms with E-state index in [1.165, 1.54) is 12.7 Å². The van der Waals surface area contributed by atoms with Crippen LogP contribution in [0.2, 0.25) is 0 Å². The fourth-order valence-electron chi connectivity index (χ4n) is 3.91. The van der Waals surface area contributed by atoms with Crippen LogP contribution in [0.1, 0.15) is 29.8 Å². The summed E-state index contributed by atoms with van der Waals surface area (Å²) in [4.78, 5) is 14.2. The summed E-state index contributed by atoms with van der Waals surface area (Å²) in [6, 6.07) is 7.79. The van der Waals surface area contributed by atoms with Crippen molar-refractivity contribution >= 4 is 5.97 Å². The highest BCUT2D eigenvalue weighted by molar-refractivity contribution is 5.89. The Morgan fingerprint density at radius 3 is 2.95 bits per heavy atom. The topological polar surface area (TPSA) is 41.6 Å².